The highest BCUT2D eigenvalue weighted by atomic mass is 16.5. The van der Waals surface area contributed by atoms with Gasteiger partial charge in [0.15, 0.2) is 5.69 Å². The van der Waals surface area contributed by atoms with Crippen molar-refractivity contribution in [2.24, 2.45) is 0 Å². The predicted molar refractivity (Wildman–Crippen MR) is 73.2 cm³/mol. The first-order valence-electron chi connectivity index (χ1n) is 6.69. The molecule has 1 fully saturated rings. The first-order valence-corrected chi connectivity index (χ1v) is 6.69. The Morgan fingerprint density at radius 1 is 1.33 bits per heavy atom. The minimum atomic E-state index is 0.354. The van der Waals surface area contributed by atoms with Gasteiger partial charge in [-0.05, 0) is 24.6 Å². The molecule has 4 heterocycles. The van der Waals surface area contributed by atoms with Gasteiger partial charge in [-0.25, -0.2) is 4.68 Å². The highest BCUT2D eigenvalue weighted by Gasteiger charge is 2.22. The van der Waals surface area contributed by atoms with Crippen molar-refractivity contribution >= 4 is 0 Å². The van der Waals surface area contributed by atoms with Gasteiger partial charge in [-0.15, -0.1) is 5.10 Å². The molecule has 0 atom stereocenters. The van der Waals surface area contributed by atoms with Crippen LogP contribution in [0.3, 0.4) is 0 Å². The zero-order chi connectivity index (χ0) is 14.2. The molecule has 8 heteroatoms. The third-order valence-electron chi connectivity index (χ3n) is 3.43. The van der Waals surface area contributed by atoms with Crippen molar-refractivity contribution in [3.63, 3.8) is 0 Å². The van der Waals surface area contributed by atoms with Crippen molar-refractivity contribution in [2.45, 2.75) is 13.0 Å². The van der Waals surface area contributed by atoms with E-state index in [0.29, 0.717) is 29.1 Å². The van der Waals surface area contributed by atoms with E-state index >= 15 is 0 Å². The van der Waals surface area contributed by atoms with E-state index in [1.165, 1.54) is 0 Å². The molecule has 3 aromatic rings. The van der Waals surface area contributed by atoms with Crippen LogP contribution in [0.2, 0.25) is 0 Å². The second-order valence-corrected chi connectivity index (χ2v) is 5.04. The maximum atomic E-state index is 5.26. The molecule has 0 saturated carbocycles. The molecule has 1 aliphatic heterocycles. The molecule has 4 rings (SSSR count). The number of nitrogens with one attached hydrogen (secondary N) is 1. The fraction of sp³-hybridized carbons (Fsp3) is 0.308. The SMILES string of the molecule is Cc1ccnc(-c2noc(-c3cn(C4CNC4)nn3)n2)c1. The molecular weight excluding hydrogens is 270 g/mol. The molecule has 0 amide bonds. The standard InChI is InChI=1S/C13H13N7O/c1-8-2-3-15-10(4-8)12-16-13(21-18-12)11-7-20(19-17-11)9-5-14-6-9/h2-4,7,9,14H,5-6H2,1H3. The summed E-state index contributed by atoms with van der Waals surface area (Å²) in [5, 5.41) is 15.3. The number of aromatic nitrogens is 6. The first kappa shape index (κ1) is 12.2. The number of rotatable bonds is 3. The normalized spacial score (nSPS) is 15.1. The largest absolute Gasteiger partial charge is 0.332 e. The lowest BCUT2D eigenvalue weighted by Crippen LogP contribution is -2.43. The molecule has 8 nitrogen and oxygen atoms in total. The molecule has 1 saturated heterocycles. The van der Waals surface area contributed by atoms with Crippen LogP contribution in [0, 0.1) is 6.92 Å². The van der Waals surface area contributed by atoms with Crippen molar-refractivity contribution < 1.29 is 4.52 Å². The zero-order valence-corrected chi connectivity index (χ0v) is 11.4. The summed E-state index contributed by atoms with van der Waals surface area (Å²) in [6.07, 6.45) is 3.55. The average molecular weight is 283 g/mol. The van der Waals surface area contributed by atoms with E-state index < -0.39 is 0 Å². The zero-order valence-electron chi connectivity index (χ0n) is 11.4. The molecule has 0 spiro atoms. The smallest absolute Gasteiger partial charge is 0.280 e. The quantitative estimate of drug-likeness (QED) is 0.761. The van der Waals surface area contributed by atoms with Gasteiger partial charge >= 0.3 is 0 Å². The van der Waals surface area contributed by atoms with Crippen molar-refractivity contribution in [3.8, 4) is 23.1 Å². The topological polar surface area (TPSA) is 94.6 Å². The lowest BCUT2D eigenvalue weighted by atomic mass is 10.2. The highest BCUT2D eigenvalue weighted by molar-refractivity contribution is 5.53. The predicted octanol–water partition coefficient (Wildman–Crippen LogP) is 0.843. The Hall–Kier alpha value is -2.61. The average Bonchev–Trinajstić information content (AvgIpc) is 3.05. The Bertz CT molecular complexity index is 774. The molecule has 1 aliphatic rings. The molecule has 0 bridgehead atoms. The van der Waals surface area contributed by atoms with Crippen LogP contribution in [0.4, 0.5) is 0 Å². The van der Waals surface area contributed by atoms with Gasteiger partial charge in [0.25, 0.3) is 5.89 Å². The van der Waals surface area contributed by atoms with E-state index in [1.807, 2.05) is 29.9 Å². The molecule has 21 heavy (non-hydrogen) atoms. The summed E-state index contributed by atoms with van der Waals surface area (Å²) in [6, 6.07) is 4.18. The summed E-state index contributed by atoms with van der Waals surface area (Å²) < 4.78 is 7.08. The molecule has 3 aromatic heterocycles. The van der Waals surface area contributed by atoms with Crippen LogP contribution in [-0.4, -0.2) is 43.2 Å². The fourth-order valence-corrected chi connectivity index (χ4v) is 2.10. The third kappa shape index (κ3) is 2.19. The molecule has 0 radical (unpaired) electrons. The van der Waals surface area contributed by atoms with Gasteiger partial charge in [0.1, 0.15) is 5.69 Å². The van der Waals surface area contributed by atoms with E-state index in [-0.39, 0.29) is 0 Å². The van der Waals surface area contributed by atoms with Gasteiger partial charge in [0.2, 0.25) is 5.82 Å². The summed E-state index contributed by atoms with van der Waals surface area (Å²) in [4.78, 5) is 8.57. The second kappa shape index (κ2) is 4.74. The monoisotopic (exact) mass is 283 g/mol. The molecular formula is C13H13N7O. The summed E-state index contributed by atoms with van der Waals surface area (Å²) >= 11 is 0. The van der Waals surface area contributed by atoms with Crippen LogP contribution in [0.1, 0.15) is 11.6 Å². The van der Waals surface area contributed by atoms with E-state index in [0.717, 1.165) is 18.7 Å². The summed E-state index contributed by atoms with van der Waals surface area (Å²) in [6.45, 7) is 3.81. The number of pyridine rings is 1. The van der Waals surface area contributed by atoms with Gasteiger partial charge in [-0.1, -0.05) is 10.4 Å². The molecule has 0 unspecified atom stereocenters. The Balaban J connectivity index is 1.63. The summed E-state index contributed by atoms with van der Waals surface area (Å²) in [5.41, 5.74) is 2.35. The van der Waals surface area contributed by atoms with Crippen LogP contribution in [-0.2, 0) is 0 Å². The Kier molecular flexibility index (Phi) is 2.74. The number of aryl methyl sites for hydroxylation is 1. The Morgan fingerprint density at radius 2 is 2.24 bits per heavy atom. The molecule has 1 N–H and O–H groups in total. The van der Waals surface area contributed by atoms with Gasteiger partial charge in [0.05, 0.1) is 12.2 Å². The third-order valence-corrected chi connectivity index (χ3v) is 3.43. The minimum absolute atomic E-state index is 0.354. The maximum Gasteiger partial charge on any atom is 0.280 e. The summed E-state index contributed by atoms with van der Waals surface area (Å²) in [5.74, 6) is 0.806. The molecule has 106 valence electrons. The van der Waals surface area contributed by atoms with Crippen molar-refractivity contribution in [1.82, 2.24) is 35.4 Å². The van der Waals surface area contributed by atoms with E-state index in [1.54, 1.807) is 6.20 Å². The highest BCUT2D eigenvalue weighted by Crippen LogP contribution is 2.21. The number of hydrogen-bond donors (Lipinski definition) is 1. The Labute approximate surface area is 120 Å². The minimum Gasteiger partial charge on any atom is -0.332 e. The second-order valence-electron chi connectivity index (χ2n) is 5.04. The van der Waals surface area contributed by atoms with Gasteiger partial charge in [0, 0.05) is 19.3 Å². The van der Waals surface area contributed by atoms with Gasteiger partial charge in [-0.3, -0.25) is 4.98 Å². The van der Waals surface area contributed by atoms with Gasteiger partial charge < -0.3 is 9.84 Å². The molecule has 0 aliphatic carbocycles. The van der Waals surface area contributed by atoms with E-state index in [4.69, 9.17) is 4.52 Å². The lowest BCUT2D eigenvalue weighted by molar-refractivity contribution is 0.313. The van der Waals surface area contributed by atoms with Crippen LogP contribution >= 0.6 is 0 Å². The fourth-order valence-electron chi connectivity index (χ4n) is 2.10. The van der Waals surface area contributed by atoms with Crippen LogP contribution in [0.5, 0.6) is 0 Å². The van der Waals surface area contributed by atoms with Crippen LogP contribution in [0.25, 0.3) is 23.1 Å². The van der Waals surface area contributed by atoms with E-state index in [9.17, 15) is 0 Å². The van der Waals surface area contributed by atoms with Crippen molar-refractivity contribution in [1.29, 1.82) is 0 Å². The number of hydrogen-bond acceptors (Lipinski definition) is 7. The first-order chi connectivity index (χ1) is 10.3. The van der Waals surface area contributed by atoms with E-state index in [2.05, 4.69) is 30.8 Å². The Morgan fingerprint density at radius 3 is 3.00 bits per heavy atom. The van der Waals surface area contributed by atoms with Crippen LogP contribution < -0.4 is 5.32 Å². The van der Waals surface area contributed by atoms with Crippen molar-refractivity contribution in [3.05, 3.63) is 30.1 Å². The molecule has 0 aromatic carbocycles. The lowest BCUT2D eigenvalue weighted by Gasteiger charge is -2.26. The van der Waals surface area contributed by atoms with Crippen LogP contribution in [0.15, 0.2) is 29.0 Å². The van der Waals surface area contributed by atoms with Gasteiger partial charge in [-0.2, -0.15) is 4.98 Å². The summed E-state index contributed by atoms with van der Waals surface area (Å²) in [7, 11) is 0. The number of nitrogens with zero attached hydrogens (tertiary/aromatic N) is 6. The maximum absolute atomic E-state index is 5.26. The van der Waals surface area contributed by atoms with Crippen molar-refractivity contribution in [2.75, 3.05) is 13.1 Å².